The first-order valence-electron chi connectivity index (χ1n) is 14.7. The molecule has 0 radical (unpaired) electrons. The number of aliphatic hydroxyl groups is 1. The van der Waals surface area contributed by atoms with Crippen molar-refractivity contribution in [1.82, 2.24) is 14.6 Å². The van der Waals surface area contributed by atoms with E-state index in [1.807, 2.05) is 0 Å². The molecule has 3 atom stereocenters. The number of fused-ring (bicyclic) bond motifs is 3. The van der Waals surface area contributed by atoms with Crippen LogP contribution in [0.1, 0.15) is 75.1 Å². The van der Waals surface area contributed by atoms with Gasteiger partial charge in [0.1, 0.15) is 5.71 Å². The van der Waals surface area contributed by atoms with Gasteiger partial charge in [-0.25, -0.2) is 9.56 Å². The van der Waals surface area contributed by atoms with Gasteiger partial charge in [-0.2, -0.15) is 0 Å². The maximum Gasteiger partial charge on any atom is 0.313 e. The van der Waals surface area contributed by atoms with Gasteiger partial charge in [-0.1, -0.05) is 46.4 Å². The van der Waals surface area contributed by atoms with E-state index in [9.17, 15) is 5.11 Å². The van der Waals surface area contributed by atoms with Gasteiger partial charge in [0.05, 0.1) is 23.9 Å². The van der Waals surface area contributed by atoms with Crippen LogP contribution in [0.2, 0.25) is 0 Å². The van der Waals surface area contributed by atoms with Gasteiger partial charge in [0.2, 0.25) is 0 Å². The van der Waals surface area contributed by atoms with Gasteiger partial charge in [0.25, 0.3) is 5.65 Å². The summed E-state index contributed by atoms with van der Waals surface area (Å²) in [6.45, 7) is 6.49. The molecule has 38 heavy (non-hydrogen) atoms. The Morgan fingerprint density at radius 2 is 1.97 bits per heavy atom. The van der Waals surface area contributed by atoms with Crippen LogP contribution in [0.5, 0.6) is 0 Å². The molecule has 200 valence electrons. The zero-order valence-corrected chi connectivity index (χ0v) is 23.4. The van der Waals surface area contributed by atoms with E-state index < -0.39 is 5.60 Å². The van der Waals surface area contributed by atoms with Crippen LogP contribution in [0, 0.1) is 37.5 Å². The second-order valence-electron chi connectivity index (χ2n) is 13.1. The Hall–Kier alpha value is -2.57. The summed E-state index contributed by atoms with van der Waals surface area (Å²) in [7, 11) is 2.22. The molecule has 2 saturated carbocycles. The highest BCUT2D eigenvalue weighted by Crippen LogP contribution is 2.57. The highest BCUT2D eigenvalue weighted by molar-refractivity contribution is 6.03. The third-order valence-electron chi connectivity index (χ3n) is 10.4. The Morgan fingerprint density at radius 1 is 1.18 bits per heavy atom. The quantitative estimate of drug-likeness (QED) is 0.441. The summed E-state index contributed by atoms with van der Waals surface area (Å²) in [6.07, 6.45) is 21.4. The monoisotopic (exact) mass is 512 g/mol. The average molecular weight is 513 g/mol. The SMILES string of the molecule is Cc1nn2c3c(cnc2c1C)CC(C1=CCCCC1)C(C1=CC(C)C(C2(N)CC(O)(C4CC4)C2)C=C1)=[N+]3C. The smallest absolute Gasteiger partial charge is 0.313 e. The zero-order chi connectivity index (χ0) is 26.4. The van der Waals surface area contributed by atoms with E-state index in [4.69, 9.17) is 15.8 Å². The predicted octanol–water partition coefficient (Wildman–Crippen LogP) is 5.11. The molecule has 3 N–H and O–H groups in total. The summed E-state index contributed by atoms with van der Waals surface area (Å²) < 4.78 is 4.46. The fraction of sp³-hybridized carbons (Fsp3) is 0.594. The maximum atomic E-state index is 11.0. The highest BCUT2D eigenvalue weighted by atomic mass is 16.3. The molecular weight excluding hydrogens is 470 g/mol. The summed E-state index contributed by atoms with van der Waals surface area (Å²) in [5.41, 5.74) is 14.8. The van der Waals surface area contributed by atoms with E-state index in [2.05, 4.69) is 67.4 Å². The topological polar surface area (TPSA) is 79.5 Å². The molecule has 1 aliphatic heterocycles. The van der Waals surface area contributed by atoms with Gasteiger partial charge in [0.15, 0.2) is 0 Å². The van der Waals surface area contributed by atoms with Crippen molar-refractivity contribution < 1.29 is 9.68 Å². The van der Waals surface area contributed by atoms with Gasteiger partial charge in [0, 0.05) is 34.7 Å². The molecule has 4 aliphatic carbocycles. The minimum Gasteiger partial charge on any atom is -0.389 e. The normalized spacial score (nSPS) is 35.2. The molecule has 6 heteroatoms. The van der Waals surface area contributed by atoms with Crippen LogP contribution in [0.4, 0.5) is 5.82 Å². The molecule has 0 saturated heterocycles. The molecule has 0 spiro atoms. The molecule has 2 aromatic rings. The van der Waals surface area contributed by atoms with E-state index in [-0.39, 0.29) is 11.5 Å². The lowest BCUT2D eigenvalue weighted by Gasteiger charge is -2.56. The first-order valence-corrected chi connectivity index (χ1v) is 14.7. The van der Waals surface area contributed by atoms with Crippen LogP contribution in [-0.4, -0.2) is 48.2 Å². The lowest BCUT2D eigenvalue weighted by molar-refractivity contribution is -0.416. The van der Waals surface area contributed by atoms with E-state index in [1.54, 1.807) is 5.57 Å². The second kappa shape index (κ2) is 8.46. The fourth-order valence-electron chi connectivity index (χ4n) is 8.22. The van der Waals surface area contributed by atoms with Crippen LogP contribution < -0.4 is 5.73 Å². The molecule has 0 amide bonds. The largest absolute Gasteiger partial charge is 0.389 e. The third kappa shape index (κ3) is 3.63. The Kier molecular flexibility index (Phi) is 5.45. The molecule has 3 unspecified atom stereocenters. The van der Waals surface area contributed by atoms with Crippen molar-refractivity contribution in [2.75, 3.05) is 7.05 Å². The van der Waals surface area contributed by atoms with Gasteiger partial charge in [-0.15, -0.1) is 0 Å². The average Bonchev–Trinajstić information content (AvgIpc) is 3.70. The number of aromatic nitrogens is 3. The molecule has 0 aromatic carbocycles. The minimum absolute atomic E-state index is 0.256. The summed E-state index contributed by atoms with van der Waals surface area (Å²) >= 11 is 0. The Bertz CT molecular complexity index is 1450. The number of rotatable bonds is 4. The van der Waals surface area contributed by atoms with Crippen molar-refractivity contribution in [3.05, 3.63) is 58.5 Å². The number of hydrogen-bond donors (Lipinski definition) is 2. The fourth-order valence-corrected chi connectivity index (χ4v) is 8.22. The van der Waals surface area contributed by atoms with Gasteiger partial charge < -0.3 is 10.8 Å². The van der Waals surface area contributed by atoms with Gasteiger partial charge in [-0.05, 0) is 83.5 Å². The summed E-state index contributed by atoms with van der Waals surface area (Å²) in [5.74, 6) is 2.54. The first-order chi connectivity index (χ1) is 18.2. The number of nitrogens with two attached hydrogens (primary N) is 1. The number of hydrogen-bond acceptors (Lipinski definition) is 4. The molecule has 0 bridgehead atoms. The Balaban J connectivity index is 1.29. The molecule has 7 rings (SSSR count). The summed E-state index contributed by atoms with van der Waals surface area (Å²) in [4.78, 5) is 4.84. The van der Waals surface area contributed by atoms with E-state index >= 15 is 0 Å². The lowest BCUT2D eigenvalue weighted by atomic mass is 9.55. The maximum absolute atomic E-state index is 11.0. The Labute approximate surface area is 226 Å². The van der Waals surface area contributed by atoms with E-state index in [0.717, 1.165) is 54.8 Å². The van der Waals surface area contributed by atoms with Crippen LogP contribution in [-0.2, 0) is 6.42 Å². The van der Waals surface area contributed by atoms with Gasteiger partial charge in [-0.3, -0.25) is 0 Å². The zero-order valence-electron chi connectivity index (χ0n) is 23.4. The second-order valence-corrected chi connectivity index (χ2v) is 13.1. The predicted molar refractivity (Wildman–Crippen MR) is 151 cm³/mol. The third-order valence-corrected chi connectivity index (χ3v) is 10.4. The Morgan fingerprint density at radius 3 is 2.66 bits per heavy atom. The number of allylic oxidation sites excluding steroid dienone is 5. The highest BCUT2D eigenvalue weighted by Gasteiger charge is 2.61. The minimum atomic E-state index is -0.521. The van der Waals surface area contributed by atoms with Crippen LogP contribution in [0.15, 0.2) is 41.6 Å². The molecule has 5 aliphatic rings. The van der Waals surface area contributed by atoms with Crippen molar-refractivity contribution in [3.8, 4) is 0 Å². The van der Waals surface area contributed by atoms with Crippen molar-refractivity contribution >= 4 is 17.2 Å². The molecule has 6 nitrogen and oxygen atoms in total. The number of aryl methyl sites for hydroxylation is 2. The van der Waals surface area contributed by atoms with Crippen molar-refractivity contribution in [1.29, 1.82) is 0 Å². The molecule has 2 aromatic heterocycles. The molecular formula is C32H42N5O+. The lowest BCUT2D eigenvalue weighted by Crippen LogP contribution is -2.67. The van der Waals surface area contributed by atoms with Crippen LogP contribution >= 0.6 is 0 Å². The summed E-state index contributed by atoms with van der Waals surface area (Å²) in [5, 5.41) is 15.9. The van der Waals surface area contributed by atoms with Crippen molar-refractivity contribution in [3.63, 3.8) is 0 Å². The molecule has 2 fully saturated rings. The standard InChI is InChI=1S/C32H42N5O/c1-19-14-23(10-13-27(19)31(33)17-32(38,18-31)25-11-12-25)28-26(22-8-6-5-7-9-22)15-24-16-34-29-20(2)21(3)35-37(29)30(24)36(28)4/h8,10,13-14,16,19,25-27,38H,5-7,9,11-12,15,17-18,33H2,1-4H3/q+1. The van der Waals surface area contributed by atoms with Crippen LogP contribution in [0.25, 0.3) is 5.65 Å². The van der Waals surface area contributed by atoms with Crippen molar-refractivity contribution in [2.24, 2.45) is 29.4 Å². The number of nitrogens with zero attached hydrogens (tertiary/aromatic N) is 4. The van der Waals surface area contributed by atoms with E-state index in [0.29, 0.717) is 17.8 Å². The molecule has 3 heterocycles. The summed E-state index contributed by atoms with van der Waals surface area (Å²) in [6, 6.07) is 0. The van der Waals surface area contributed by atoms with Crippen LogP contribution in [0.3, 0.4) is 0 Å². The van der Waals surface area contributed by atoms with Gasteiger partial charge >= 0.3 is 5.82 Å². The first kappa shape index (κ1) is 24.5. The van der Waals surface area contributed by atoms with E-state index in [1.165, 1.54) is 42.5 Å². The van der Waals surface area contributed by atoms with Crippen molar-refractivity contribution in [2.45, 2.75) is 89.7 Å².